The van der Waals surface area contributed by atoms with Crippen LogP contribution in [-0.2, 0) is 16.2 Å². The molecule has 0 aliphatic heterocycles. The van der Waals surface area contributed by atoms with Crippen molar-refractivity contribution in [3.63, 3.8) is 0 Å². The molecule has 2 heterocycles. The average molecular weight is 496 g/mol. The van der Waals surface area contributed by atoms with Gasteiger partial charge >= 0.3 is 6.18 Å². The van der Waals surface area contributed by atoms with Crippen LogP contribution in [0.3, 0.4) is 0 Å². The average Bonchev–Trinajstić information content (AvgIpc) is 3.16. The van der Waals surface area contributed by atoms with Crippen molar-refractivity contribution in [2.75, 3.05) is 5.32 Å². The van der Waals surface area contributed by atoms with E-state index < -0.39 is 27.8 Å². The molecule has 1 amide bonds. The summed E-state index contributed by atoms with van der Waals surface area (Å²) < 4.78 is 64.7. The van der Waals surface area contributed by atoms with Gasteiger partial charge in [-0.15, -0.1) is 0 Å². The molecule has 0 aliphatic carbocycles. The Bertz CT molecular complexity index is 1490. The summed E-state index contributed by atoms with van der Waals surface area (Å²) in [4.78, 5) is 16.8. The van der Waals surface area contributed by atoms with Crippen LogP contribution in [0.1, 0.15) is 16.1 Å². The van der Waals surface area contributed by atoms with Crippen LogP contribution in [0, 0.1) is 0 Å². The smallest absolute Gasteiger partial charge is 0.322 e. The van der Waals surface area contributed by atoms with Crippen molar-refractivity contribution in [1.29, 1.82) is 0 Å². The van der Waals surface area contributed by atoms with Gasteiger partial charge in [-0.2, -0.15) is 18.3 Å². The molecular weight excluding hydrogens is 483 g/mol. The van der Waals surface area contributed by atoms with Crippen molar-refractivity contribution in [2.45, 2.75) is 11.1 Å². The second kappa shape index (κ2) is 8.14. The minimum atomic E-state index is -4.79. The monoisotopic (exact) mass is 495 g/mol. The number of hydrogen-bond donors (Lipinski definition) is 2. The van der Waals surface area contributed by atoms with Gasteiger partial charge in [0.1, 0.15) is 5.56 Å². The number of sulfonamides is 1. The van der Waals surface area contributed by atoms with Crippen molar-refractivity contribution < 1.29 is 26.4 Å². The Balaban J connectivity index is 1.81. The Labute approximate surface area is 189 Å². The summed E-state index contributed by atoms with van der Waals surface area (Å²) in [6, 6.07) is 11.9. The zero-order chi connectivity index (χ0) is 24.0. The molecule has 0 saturated carbocycles. The lowest BCUT2D eigenvalue weighted by atomic mass is 10.1. The van der Waals surface area contributed by atoms with E-state index in [2.05, 4.69) is 15.4 Å². The van der Waals surface area contributed by atoms with E-state index in [1.54, 1.807) is 0 Å². The van der Waals surface area contributed by atoms with Gasteiger partial charge in [-0.1, -0.05) is 29.8 Å². The number of carbonyl (C=O) groups excluding carboxylic acids is 1. The number of alkyl halides is 3. The highest BCUT2D eigenvalue weighted by Gasteiger charge is 2.36. The van der Waals surface area contributed by atoms with Crippen LogP contribution in [-0.4, -0.2) is 28.9 Å². The van der Waals surface area contributed by atoms with Crippen LogP contribution < -0.4 is 10.5 Å². The zero-order valence-corrected chi connectivity index (χ0v) is 17.9. The Hall–Kier alpha value is -3.48. The van der Waals surface area contributed by atoms with Gasteiger partial charge in [-0.05, 0) is 36.4 Å². The molecule has 2 aromatic heterocycles. The third-order valence-electron chi connectivity index (χ3n) is 4.57. The number of aromatic nitrogens is 3. The third-order valence-corrected chi connectivity index (χ3v) is 5.73. The van der Waals surface area contributed by atoms with E-state index >= 15 is 0 Å². The summed E-state index contributed by atoms with van der Waals surface area (Å²) in [7, 11) is -4.03. The van der Waals surface area contributed by atoms with Gasteiger partial charge in [-0.3, -0.25) is 4.79 Å². The SMILES string of the molecule is NS(=O)(=O)c1cccc(NC(=O)c2cnn3c(C(F)(F)F)cc(-c4ccc(Cl)cc4)nc23)c1. The van der Waals surface area contributed by atoms with Crippen LogP contribution in [0.5, 0.6) is 0 Å². The van der Waals surface area contributed by atoms with E-state index in [9.17, 15) is 26.4 Å². The highest BCUT2D eigenvalue weighted by molar-refractivity contribution is 7.89. The van der Waals surface area contributed by atoms with Gasteiger partial charge < -0.3 is 5.32 Å². The van der Waals surface area contributed by atoms with Gasteiger partial charge in [0, 0.05) is 16.3 Å². The number of halogens is 4. The molecule has 4 aromatic rings. The molecule has 0 spiro atoms. The predicted octanol–water partition coefficient (Wildman–Crippen LogP) is 3.97. The van der Waals surface area contributed by atoms with Gasteiger partial charge in [0.05, 0.1) is 16.8 Å². The number of rotatable bonds is 4. The Morgan fingerprint density at radius 3 is 2.42 bits per heavy atom. The Kier molecular flexibility index (Phi) is 5.60. The first-order valence-corrected chi connectivity index (χ1v) is 11.0. The first-order valence-electron chi connectivity index (χ1n) is 9.09. The summed E-state index contributed by atoms with van der Waals surface area (Å²) in [5.74, 6) is -0.842. The number of carbonyl (C=O) groups is 1. The van der Waals surface area contributed by atoms with Crippen LogP contribution >= 0.6 is 11.6 Å². The lowest BCUT2D eigenvalue weighted by Gasteiger charge is -2.12. The minimum Gasteiger partial charge on any atom is -0.322 e. The minimum absolute atomic E-state index is 0.0442. The van der Waals surface area contributed by atoms with E-state index in [0.29, 0.717) is 15.1 Å². The number of nitrogens with zero attached hydrogens (tertiary/aromatic N) is 3. The molecule has 170 valence electrons. The number of nitrogens with one attached hydrogen (secondary N) is 1. The second-order valence-electron chi connectivity index (χ2n) is 6.85. The summed E-state index contributed by atoms with van der Waals surface area (Å²) in [5, 5.41) is 11.6. The maximum absolute atomic E-state index is 13.7. The van der Waals surface area contributed by atoms with Gasteiger partial charge in [0.25, 0.3) is 5.91 Å². The summed E-state index contributed by atoms with van der Waals surface area (Å²) >= 11 is 5.85. The molecule has 0 atom stereocenters. The van der Waals surface area contributed by atoms with Gasteiger partial charge in [0.15, 0.2) is 11.3 Å². The van der Waals surface area contributed by atoms with Crippen molar-refractivity contribution in [1.82, 2.24) is 14.6 Å². The first kappa shape index (κ1) is 22.7. The predicted molar refractivity (Wildman–Crippen MR) is 114 cm³/mol. The maximum Gasteiger partial charge on any atom is 0.433 e. The zero-order valence-electron chi connectivity index (χ0n) is 16.3. The van der Waals surface area contributed by atoms with Crippen molar-refractivity contribution in [3.8, 4) is 11.3 Å². The molecule has 4 rings (SSSR count). The van der Waals surface area contributed by atoms with Crippen molar-refractivity contribution >= 4 is 38.9 Å². The van der Waals surface area contributed by atoms with Crippen LogP contribution in [0.25, 0.3) is 16.9 Å². The molecule has 8 nitrogen and oxygen atoms in total. The van der Waals surface area contributed by atoms with Crippen LogP contribution in [0.15, 0.2) is 65.7 Å². The summed E-state index contributed by atoms with van der Waals surface area (Å²) in [5.41, 5.74) is -1.35. The van der Waals surface area contributed by atoms with E-state index in [-0.39, 0.29) is 27.5 Å². The topological polar surface area (TPSA) is 119 Å². The molecule has 2 aromatic carbocycles. The first-order chi connectivity index (χ1) is 15.4. The fraction of sp³-hybridized carbons (Fsp3) is 0.0500. The van der Waals surface area contributed by atoms with Crippen molar-refractivity contribution in [2.24, 2.45) is 5.14 Å². The molecule has 0 radical (unpaired) electrons. The molecule has 0 aliphatic rings. The molecule has 0 fully saturated rings. The number of amides is 1. The highest BCUT2D eigenvalue weighted by atomic mass is 35.5. The van der Waals surface area contributed by atoms with E-state index in [1.165, 1.54) is 42.5 Å². The van der Waals surface area contributed by atoms with Crippen molar-refractivity contribution in [3.05, 3.63) is 77.1 Å². The number of fused-ring (bicyclic) bond motifs is 1. The molecular formula is C20H13ClF3N5O3S. The lowest BCUT2D eigenvalue weighted by Crippen LogP contribution is -2.16. The molecule has 33 heavy (non-hydrogen) atoms. The normalized spacial score (nSPS) is 12.2. The summed E-state index contributed by atoms with van der Waals surface area (Å²) in [6.45, 7) is 0. The maximum atomic E-state index is 13.7. The highest BCUT2D eigenvalue weighted by Crippen LogP contribution is 2.33. The molecule has 0 bridgehead atoms. The number of primary sulfonamides is 1. The standard InChI is InChI=1S/C20H13ClF3N5O3S/c21-12-6-4-11(5-7-12)16-9-17(20(22,23)24)29-18(28-16)15(10-26-29)19(30)27-13-2-1-3-14(8-13)33(25,31)32/h1-10H,(H,27,30)(H2,25,31,32). The third kappa shape index (κ3) is 4.67. The van der Waals surface area contributed by atoms with Crippen LogP contribution in [0.2, 0.25) is 5.02 Å². The number of benzene rings is 2. The van der Waals surface area contributed by atoms with E-state index in [0.717, 1.165) is 18.3 Å². The quantitative estimate of drug-likeness (QED) is 0.444. The van der Waals surface area contributed by atoms with Crippen LogP contribution in [0.4, 0.5) is 18.9 Å². The van der Waals surface area contributed by atoms with E-state index in [1.807, 2.05) is 0 Å². The molecule has 13 heteroatoms. The Morgan fingerprint density at radius 1 is 1.09 bits per heavy atom. The fourth-order valence-corrected chi connectivity index (χ4v) is 3.73. The lowest BCUT2D eigenvalue weighted by molar-refractivity contribution is -0.142. The fourth-order valence-electron chi connectivity index (χ4n) is 3.04. The second-order valence-corrected chi connectivity index (χ2v) is 8.85. The molecule has 3 N–H and O–H groups in total. The molecule has 0 unspecified atom stereocenters. The van der Waals surface area contributed by atoms with E-state index in [4.69, 9.17) is 16.7 Å². The molecule has 0 saturated heterocycles. The Morgan fingerprint density at radius 2 is 1.79 bits per heavy atom. The van der Waals surface area contributed by atoms with Gasteiger partial charge in [0.2, 0.25) is 10.0 Å². The van der Waals surface area contributed by atoms with Gasteiger partial charge in [-0.25, -0.2) is 23.1 Å². The summed E-state index contributed by atoms with van der Waals surface area (Å²) in [6.07, 6.45) is -3.84. The number of hydrogen-bond acceptors (Lipinski definition) is 5. The largest absolute Gasteiger partial charge is 0.433 e. The number of anilines is 1. The number of nitrogens with two attached hydrogens (primary N) is 1.